The standard InChI is InChI=1S/C31H27F3O7/c1-5-16-38-28(36)18-8-12-21(13-9-18)39-26-25(35)23-15-14-22(17-24(23)41-27(26)31(32,33)34)40-29(37)19-6-10-20(11-7-19)30(2,3)4/h6-15,17H,5,16H2,1-4H3. The molecule has 0 aliphatic carbocycles. The number of benzene rings is 3. The third kappa shape index (κ3) is 6.77. The molecule has 7 nitrogen and oxygen atoms in total. The average Bonchev–Trinajstić information content (AvgIpc) is 2.92. The molecule has 0 fully saturated rings. The van der Waals surface area contributed by atoms with Gasteiger partial charge >= 0.3 is 18.1 Å². The van der Waals surface area contributed by atoms with Crippen molar-refractivity contribution in [2.24, 2.45) is 0 Å². The summed E-state index contributed by atoms with van der Waals surface area (Å²) in [6.45, 7) is 8.13. The Labute approximate surface area is 233 Å². The second-order valence-corrected chi connectivity index (χ2v) is 10.2. The largest absolute Gasteiger partial charge is 0.462 e. The van der Waals surface area contributed by atoms with Gasteiger partial charge in [0.05, 0.1) is 23.1 Å². The number of rotatable bonds is 7. The van der Waals surface area contributed by atoms with Crippen molar-refractivity contribution in [3.8, 4) is 17.2 Å². The summed E-state index contributed by atoms with van der Waals surface area (Å²) in [4.78, 5) is 37.7. The molecule has 0 aliphatic rings. The molecule has 0 saturated carbocycles. The Bertz CT molecular complexity index is 1630. The van der Waals surface area contributed by atoms with E-state index in [1.807, 2.05) is 27.7 Å². The summed E-state index contributed by atoms with van der Waals surface area (Å²) in [5, 5.41) is -0.220. The van der Waals surface area contributed by atoms with E-state index in [-0.39, 0.29) is 40.0 Å². The molecule has 1 heterocycles. The summed E-state index contributed by atoms with van der Waals surface area (Å²) in [5.74, 6) is -4.31. The second-order valence-electron chi connectivity index (χ2n) is 10.2. The molecule has 3 aromatic carbocycles. The topological polar surface area (TPSA) is 92.0 Å². The highest BCUT2D eigenvalue weighted by Gasteiger charge is 2.40. The minimum Gasteiger partial charge on any atom is -0.462 e. The van der Waals surface area contributed by atoms with Crippen LogP contribution >= 0.6 is 0 Å². The van der Waals surface area contributed by atoms with E-state index in [2.05, 4.69) is 0 Å². The fourth-order valence-corrected chi connectivity index (χ4v) is 3.83. The van der Waals surface area contributed by atoms with Crippen LogP contribution in [0.3, 0.4) is 0 Å². The first-order valence-electron chi connectivity index (χ1n) is 12.7. The van der Waals surface area contributed by atoms with Gasteiger partial charge in [0, 0.05) is 6.07 Å². The fraction of sp³-hybridized carbons (Fsp3) is 0.258. The molecule has 0 atom stereocenters. The molecular formula is C31H27F3O7. The highest BCUT2D eigenvalue weighted by molar-refractivity contribution is 5.92. The Kier molecular flexibility index (Phi) is 8.23. The average molecular weight is 569 g/mol. The minimum atomic E-state index is -5.09. The number of hydrogen-bond donors (Lipinski definition) is 0. The molecule has 0 saturated heterocycles. The van der Waals surface area contributed by atoms with Crippen LogP contribution in [0, 0.1) is 0 Å². The van der Waals surface area contributed by atoms with Crippen molar-refractivity contribution >= 4 is 22.9 Å². The Morgan fingerprint density at radius 1 is 0.829 bits per heavy atom. The quantitative estimate of drug-likeness (QED) is 0.167. The monoisotopic (exact) mass is 568 g/mol. The summed E-state index contributed by atoms with van der Waals surface area (Å²) in [6, 6.07) is 15.4. The van der Waals surface area contributed by atoms with Crippen LogP contribution in [0.2, 0.25) is 0 Å². The van der Waals surface area contributed by atoms with Gasteiger partial charge in [0.15, 0.2) is 0 Å². The fourth-order valence-electron chi connectivity index (χ4n) is 3.83. The first kappa shape index (κ1) is 29.4. The molecule has 0 spiro atoms. The Balaban J connectivity index is 1.63. The molecule has 0 aliphatic heterocycles. The van der Waals surface area contributed by atoms with E-state index in [4.69, 9.17) is 18.6 Å². The third-order valence-corrected chi connectivity index (χ3v) is 6.02. The molecule has 4 aromatic rings. The maximum atomic E-state index is 13.9. The highest BCUT2D eigenvalue weighted by Crippen LogP contribution is 2.38. The molecule has 4 rings (SSSR count). The molecule has 0 bridgehead atoms. The molecule has 0 radical (unpaired) electrons. The predicted molar refractivity (Wildman–Crippen MR) is 145 cm³/mol. The lowest BCUT2D eigenvalue weighted by molar-refractivity contribution is -0.154. The van der Waals surface area contributed by atoms with Crippen molar-refractivity contribution in [2.75, 3.05) is 6.61 Å². The Morgan fingerprint density at radius 3 is 2.00 bits per heavy atom. The van der Waals surface area contributed by atoms with Crippen molar-refractivity contribution in [1.82, 2.24) is 0 Å². The number of fused-ring (bicyclic) bond motifs is 1. The lowest BCUT2D eigenvalue weighted by Gasteiger charge is -2.18. The van der Waals surface area contributed by atoms with Gasteiger partial charge in [-0.05, 0) is 65.9 Å². The number of hydrogen-bond acceptors (Lipinski definition) is 7. The maximum Gasteiger partial charge on any atom is 0.453 e. The van der Waals surface area contributed by atoms with E-state index in [0.29, 0.717) is 6.42 Å². The first-order valence-corrected chi connectivity index (χ1v) is 12.7. The molecule has 10 heteroatoms. The van der Waals surface area contributed by atoms with Gasteiger partial charge in [-0.25, -0.2) is 9.59 Å². The molecule has 0 N–H and O–H groups in total. The second kappa shape index (κ2) is 11.5. The maximum absolute atomic E-state index is 13.9. The van der Waals surface area contributed by atoms with Gasteiger partial charge in [0.25, 0.3) is 5.76 Å². The van der Waals surface area contributed by atoms with Gasteiger partial charge < -0.3 is 18.6 Å². The number of halogens is 3. The molecular weight excluding hydrogens is 541 g/mol. The number of ether oxygens (including phenoxy) is 3. The zero-order chi connectivity index (χ0) is 29.9. The number of carbonyl (C=O) groups excluding carboxylic acids is 2. The lowest BCUT2D eigenvalue weighted by atomic mass is 9.87. The summed E-state index contributed by atoms with van der Waals surface area (Å²) < 4.78 is 62.6. The SMILES string of the molecule is CCCOC(=O)c1ccc(Oc2c(C(F)(F)F)oc3cc(OC(=O)c4ccc(C(C)(C)C)cc4)ccc3c2=O)cc1. The zero-order valence-electron chi connectivity index (χ0n) is 22.8. The Morgan fingerprint density at radius 2 is 1.41 bits per heavy atom. The normalized spacial score (nSPS) is 11.8. The van der Waals surface area contributed by atoms with Crippen molar-refractivity contribution in [3.05, 3.63) is 99.4 Å². The minimum absolute atomic E-state index is 0.113. The molecule has 41 heavy (non-hydrogen) atoms. The highest BCUT2D eigenvalue weighted by atomic mass is 19.4. The molecule has 1 aromatic heterocycles. The van der Waals surface area contributed by atoms with Crippen LogP contribution in [0.5, 0.6) is 17.2 Å². The van der Waals surface area contributed by atoms with Crippen LogP contribution in [0.15, 0.2) is 75.9 Å². The zero-order valence-corrected chi connectivity index (χ0v) is 22.8. The number of carbonyl (C=O) groups is 2. The lowest BCUT2D eigenvalue weighted by Crippen LogP contribution is -2.16. The van der Waals surface area contributed by atoms with E-state index < -0.39 is 40.6 Å². The van der Waals surface area contributed by atoms with Crippen LogP contribution in [0.1, 0.15) is 66.2 Å². The van der Waals surface area contributed by atoms with E-state index in [9.17, 15) is 27.6 Å². The number of esters is 2. The first-order chi connectivity index (χ1) is 19.3. The Hall–Kier alpha value is -4.60. The van der Waals surface area contributed by atoms with Crippen molar-refractivity contribution in [1.29, 1.82) is 0 Å². The van der Waals surface area contributed by atoms with Gasteiger partial charge in [0.1, 0.15) is 17.1 Å². The van der Waals surface area contributed by atoms with Crippen molar-refractivity contribution < 1.29 is 41.4 Å². The van der Waals surface area contributed by atoms with E-state index in [1.165, 1.54) is 36.4 Å². The van der Waals surface area contributed by atoms with Gasteiger partial charge in [0.2, 0.25) is 11.2 Å². The van der Waals surface area contributed by atoms with Gasteiger partial charge in [-0.1, -0.05) is 39.8 Å². The van der Waals surface area contributed by atoms with Crippen molar-refractivity contribution in [2.45, 2.75) is 45.7 Å². The smallest absolute Gasteiger partial charge is 0.453 e. The van der Waals surface area contributed by atoms with Gasteiger partial charge in [-0.2, -0.15) is 13.2 Å². The van der Waals surface area contributed by atoms with Gasteiger partial charge in [-0.3, -0.25) is 4.79 Å². The summed E-state index contributed by atoms with van der Waals surface area (Å²) >= 11 is 0. The van der Waals surface area contributed by atoms with E-state index >= 15 is 0 Å². The van der Waals surface area contributed by atoms with Crippen molar-refractivity contribution in [3.63, 3.8) is 0 Å². The van der Waals surface area contributed by atoms with Crippen LogP contribution in [-0.2, 0) is 16.3 Å². The van der Waals surface area contributed by atoms with E-state index in [0.717, 1.165) is 11.6 Å². The summed E-state index contributed by atoms with van der Waals surface area (Å²) in [6.07, 6.45) is -4.46. The number of alkyl halides is 3. The van der Waals surface area contributed by atoms with E-state index in [1.54, 1.807) is 24.3 Å². The summed E-state index contributed by atoms with van der Waals surface area (Å²) in [7, 11) is 0. The predicted octanol–water partition coefficient (Wildman–Crippen LogP) is 7.69. The third-order valence-electron chi connectivity index (χ3n) is 6.02. The summed E-state index contributed by atoms with van der Waals surface area (Å²) in [5.41, 5.74) is -0.242. The van der Waals surface area contributed by atoms with Crippen LogP contribution in [0.25, 0.3) is 11.0 Å². The van der Waals surface area contributed by atoms with Gasteiger partial charge in [-0.15, -0.1) is 0 Å². The van der Waals surface area contributed by atoms with Crippen LogP contribution in [0.4, 0.5) is 13.2 Å². The van der Waals surface area contributed by atoms with Crippen LogP contribution in [-0.4, -0.2) is 18.5 Å². The molecule has 0 amide bonds. The van der Waals surface area contributed by atoms with Crippen LogP contribution < -0.4 is 14.9 Å². The molecule has 0 unspecified atom stereocenters. The molecule has 214 valence electrons.